The molecule has 0 aliphatic carbocycles. The maximum atomic E-state index is 13.8. The zero-order chi connectivity index (χ0) is 16.3. The van der Waals surface area contributed by atoms with Crippen LogP contribution in [0.25, 0.3) is 0 Å². The van der Waals surface area contributed by atoms with Gasteiger partial charge in [0.1, 0.15) is 11.6 Å². The van der Waals surface area contributed by atoms with Crippen LogP contribution >= 0.6 is 11.3 Å². The first-order valence-corrected chi connectivity index (χ1v) is 6.85. The summed E-state index contributed by atoms with van der Waals surface area (Å²) in [7, 11) is 1.16. The summed E-state index contributed by atoms with van der Waals surface area (Å²) in [4.78, 5) is 4.07. The highest BCUT2D eigenvalue weighted by molar-refractivity contribution is 7.13. The largest absolute Gasteiger partial charge is 0.496 e. The van der Waals surface area contributed by atoms with E-state index in [9.17, 15) is 17.6 Å². The van der Waals surface area contributed by atoms with Gasteiger partial charge in [0.25, 0.3) is 0 Å². The van der Waals surface area contributed by atoms with E-state index in [1.165, 1.54) is 11.3 Å². The molecule has 118 valence electrons. The maximum Gasteiger partial charge on any atom is 0.416 e. The number of aromatic nitrogens is 1. The van der Waals surface area contributed by atoms with Crippen molar-refractivity contribution in [1.82, 2.24) is 4.98 Å². The van der Waals surface area contributed by atoms with Crippen LogP contribution in [0, 0.1) is 12.7 Å². The van der Waals surface area contributed by atoms with Crippen molar-refractivity contribution < 1.29 is 22.3 Å². The van der Waals surface area contributed by atoms with Crippen LogP contribution in [0.4, 0.5) is 22.7 Å². The zero-order valence-electron chi connectivity index (χ0n) is 11.5. The fourth-order valence-corrected chi connectivity index (χ4v) is 2.24. The van der Waals surface area contributed by atoms with Crippen LogP contribution in [-0.2, 0) is 6.18 Å². The SMILES string of the molecule is COc1cc(C(F)(F)F)cc(F)c1C=NNc1nc(C)cs1. The molecule has 0 saturated carbocycles. The van der Waals surface area contributed by atoms with Gasteiger partial charge in [-0.2, -0.15) is 18.3 Å². The highest BCUT2D eigenvalue weighted by atomic mass is 32.1. The van der Waals surface area contributed by atoms with Crippen molar-refractivity contribution >= 4 is 22.7 Å². The summed E-state index contributed by atoms with van der Waals surface area (Å²) >= 11 is 1.29. The number of anilines is 1. The average molecular weight is 333 g/mol. The smallest absolute Gasteiger partial charge is 0.416 e. The Labute approximate surface area is 127 Å². The van der Waals surface area contributed by atoms with E-state index in [1.54, 1.807) is 12.3 Å². The molecule has 0 amide bonds. The van der Waals surface area contributed by atoms with Gasteiger partial charge in [-0.1, -0.05) is 0 Å². The minimum absolute atomic E-state index is 0.184. The number of halogens is 4. The third-order valence-corrected chi connectivity index (χ3v) is 3.48. The van der Waals surface area contributed by atoms with E-state index in [0.29, 0.717) is 11.2 Å². The Kier molecular flexibility index (Phi) is 4.65. The summed E-state index contributed by atoms with van der Waals surface area (Å²) in [6.07, 6.45) is -3.61. The number of methoxy groups -OCH3 is 1. The second-order valence-corrected chi connectivity index (χ2v) is 5.09. The van der Waals surface area contributed by atoms with Gasteiger partial charge in [0.2, 0.25) is 5.13 Å². The molecule has 0 radical (unpaired) electrons. The van der Waals surface area contributed by atoms with Gasteiger partial charge in [0, 0.05) is 5.38 Å². The van der Waals surface area contributed by atoms with E-state index >= 15 is 0 Å². The summed E-state index contributed by atoms with van der Waals surface area (Å²) in [6, 6.07) is 1.12. The topological polar surface area (TPSA) is 46.5 Å². The Morgan fingerprint density at radius 2 is 2.09 bits per heavy atom. The van der Waals surface area contributed by atoms with Crippen LogP contribution in [0.5, 0.6) is 5.75 Å². The van der Waals surface area contributed by atoms with Gasteiger partial charge < -0.3 is 4.74 Å². The lowest BCUT2D eigenvalue weighted by atomic mass is 10.1. The van der Waals surface area contributed by atoms with Crippen molar-refractivity contribution in [3.05, 3.63) is 40.2 Å². The normalized spacial score (nSPS) is 11.9. The molecule has 0 atom stereocenters. The molecule has 1 heterocycles. The first kappa shape index (κ1) is 16.2. The van der Waals surface area contributed by atoms with Crippen LogP contribution in [0.15, 0.2) is 22.6 Å². The van der Waals surface area contributed by atoms with Crippen LogP contribution in [0.1, 0.15) is 16.8 Å². The quantitative estimate of drug-likeness (QED) is 0.521. The van der Waals surface area contributed by atoms with Crippen LogP contribution in [-0.4, -0.2) is 18.3 Å². The summed E-state index contributed by atoms with van der Waals surface area (Å²) in [5.41, 5.74) is 2.06. The summed E-state index contributed by atoms with van der Waals surface area (Å²) in [5.74, 6) is -1.33. The molecule has 0 fully saturated rings. The van der Waals surface area contributed by atoms with Crippen LogP contribution in [0.3, 0.4) is 0 Å². The predicted molar refractivity (Wildman–Crippen MR) is 76.0 cm³/mol. The number of rotatable bonds is 4. The molecule has 2 aromatic rings. The molecule has 0 aliphatic heterocycles. The van der Waals surface area contributed by atoms with E-state index < -0.39 is 17.6 Å². The standard InChI is InChI=1S/C13H11F4N3OS/c1-7-6-22-12(19-7)20-18-5-9-10(14)3-8(13(15,16)17)4-11(9)21-2/h3-6H,1-2H3,(H,19,20). The number of benzene rings is 1. The Hall–Kier alpha value is -2.16. The lowest BCUT2D eigenvalue weighted by Gasteiger charge is -2.11. The first-order valence-electron chi connectivity index (χ1n) is 5.97. The number of hydrogen-bond donors (Lipinski definition) is 1. The highest BCUT2D eigenvalue weighted by Crippen LogP contribution is 2.34. The molecule has 0 bridgehead atoms. The second kappa shape index (κ2) is 6.30. The third kappa shape index (κ3) is 3.73. The molecule has 1 aromatic carbocycles. The average Bonchev–Trinajstić information content (AvgIpc) is 2.84. The number of hydrogen-bond acceptors (Lipinski definition) is 5. The van der Waals surface area contributed by atoms with Gasteiger partial charge in [-0.15, -0.1) is 11.3 Å². The van der Waals surface area contributed by atoms with E-state index in [1.807, 2.05) is 0 Å². The molecule has 0 aliphatic rings. The molecule has 2 rings (SSSR count). The van der Waals surface area contributed by atoms with Crippen molar-refractivity contribution in [3.63, 3.8) is 0 Å². The molecular weight excluding hydrogens is 322 g/mol. The second-order valence-electron chi connectivity index (χ2n) is 4.24. The van der Waals surface area contributed by atoms with E-state index in [0.717, 1.165) is 25.1 Å². The summed E-state index contributed by atoms with van der Waals surface area (Å²) < 4.78 is 56.5. The van der Waals surface area contributed by atoms with Crippen molar-refractivity contribution in [2.24, 2.45) is 5.10 Å². The summed E-state index contributed by atoms with van der Waals surface area (Å²) in [6.45, 7) is 1.80. The summed E-state index contributed by atoms with van der Waals surface area (Å²) in [5, 5.41) is 6.03. The minimum atomic E-state index is -4.65. The lowest BCUT2D eigenvalue weighted by Crippen LogP contribution is -2.08. The van der Waals surface area contributed by atoms with Gasteiger partial charge in [0.05, 0.1) is 30.1 Å². The van der Waals surface area contributed by atoms with E-state index in [2.05, 4.69) is 15.5 Å². The molecule has 22 heavy (non-hydrogen) atoms. The number of alkyl halides is 3. The molecule has 1 N–H and O–H groups in total. The van der Waals surface area contributed by atoms with E-state index in [-0.39, 0.29) is 11.3 Å². The minimum Gasteiger partial charge on any atom is -0.496 e. The van der Waals surface area contributed by atoms with Crippen LogP contribution < -0.4 is 10.2 Å². The van der Waals surface area contributed by atoms with Gasteiger partial charge in [-0.25, -0.2) is 9.37 Å². The molecule has 1 aromatic heterocycles. The van der Waals surface area contributed by atoms with E-state index in [4.69, 9.17) is 4.74 Å². The van der Waals surface area contributed by atoms with Crippen molar-refractivity contribution in [1.29, 1.82) is 0 Å². The van der Waals surface area contributed by atoms with Gasteiger partial charge >= 0.3 is 6.18 Å². The Morgan fingerprint density at radius 1 is 1.36 bits per heavy atom. The number of thiazole rings is 1. The van der Waals surface area contributed by atoms with Crippen LogP contribution in [0.2, 0.25) is 0 Å². The Morgan fingerprint density at radius 3 is 2.64 bits per heavy atom. The molecular formula is C13H11F4N3OS. The van der Waals surface area contributed by atoms with Crippen molar-refractivity contribution in [2.75, 3.05) is 12.5 Å². The monoisotopic (exact) mass is 333 g/mol. The third-order valence-electron chi connectivity index (χ3n) is 2.61. The number of nitrogens with one attached hydrogen (secondary N) is 1. The van der Waals surface area contributed by atoms with Gasteiger partial charge in [0.15, 0.2) is 0 Å². The molecule has 0 unspecified atom stereocenters. The van der Waals surface area contributed by atoms with Crippen molar-refractivity contribution in [2.45, 2.75) is 13.1 Å². The number of nitrogens with zero attached hydrogens (tertiary/aromatic N) is 2. The maximum absolute atomic E-state index is 13.8. The highest BCUT2D eigenvalue weighted by Gasteiger charge is 2.32. The zero-order valence-corrected chi connectivity index (χ0v) is 12.3. The fraction of sp³-hybridized carbons (Fsp3) is 0.231. The molecule has 9 heteroatoms. The van der Waals surface area contributed by atoms with Gasteiger partial charge in [-0.05, 0) is 19.1 Å². The lowest BCUT2D eigenvalue weighted by molar-refractivity contribution is -0.137. The van der Waals surface area contributed by atoms with Crippen molar-refractivity contribution in [3.8, 4) is 5.75 Å². The number of aryl methyl sites for hydroxylation is 1. The molecule has 0 spiro atoms. The Bertz CT molecular complexity index is 697. The first-order chi connectivity index (χ1) is 10.3. The number of ether oxygens (including phenoxy) is 1. The predicted octanol–water partition coefficient (Wildman–Crippen LogP) is 4.06. The Balaban J connectivity index is 2.26. The molecule has 0 saturated heterocycles. The van der Waals surface area contributed by atoms with Gasteiger partial charge in [-0.3, -0.25) is 5.43 Å². The molecule has 4 nitrogen and oxygen atoms in total. The number of hydrazone groups is 1. The fourth-order valence-electron chi connectivity index (χ4n) is 1.61.